The second kappa shape index (κ2) is 7.36. The van der Waals surface area contributed by atoms with E-state index in [1.807, 2.05) is 23.7 Å². The lowest BCUT2D eigenvalue weighted by molar-refractivity contribution is 0.541. The van der Waals surface area contributed by atoms with Crippen LogP contribution in [0.15, 0.2) is 35.1 Å². The van der Waals surface area contributed by atoms with Crippen molar-refractivity contribution in [3.05, 3.63) is 57.5 Å². The van der Waals surface area contributed by atoms with Crippen LogP contribution in [0.2, 0.25) is 0 Å². The van der Waals surface area contributed by atoms with Gasteiger partial charge in [-0.3, -0.25) is 4.79 Å². The molecule has 4 heteroatoms. The van der Waals surface area contributed by atoms with Gasteiger partial charge in [0.2, 0.25) is 5.43 Å². The van der Waals surface area contributed by atoms with Crippen molar-refractivity contribution in [2.24, 2.45) is 5.92 Å². The Morgan fingerprint density at radius 3 is 2.68 bits per heavy atom. The van der Waals surface area contributed by atoms with Gasteiger partial charge in [-0.05, 0) is 37.4 Å². The second-order valence-corrected chi connectivity index (χ2v) is 6.02. The summed E-state index contributed by atoms with van der Waals surface area (Å²) in [4.78, 5) is 12.1. The second-order valence-electron chi connectivity index (χ2n) is 6.02. The fourth-order valence-electron chi connectivity index (χ4n) is 2.45. The van der Waals surface area contributed by atoms with E-state index >= 15 is 0 Å². The minimum Gasteiger partial charge on any atom is -0.311 e. The van der Waals surface area contributed by atoms with E-state index < -0.39 is 0 Å². The fraction of sp³-hybridized carbons (Fsp3) is 0.444. The van der Waals surface area contributed by atoms with Gasteiger partial charge in [-0.2, -0.15) is 5.10 Å². The highest BCUT2D eigenvalue weighted by molar-refractivity contribution is 5.41. The lowest BCUT2D eigenvalue weighted by Gasteiger charge is -2.15. The van der Waals surface area contributed by atoms with E-state index in [1.165, 1.54) is 5.56 Å². The number of aromatic nitrogens is 2. The maximum absolute atomic E-state index is 12.1. The fourth-order valence-corrected chi connectivity index (χ4v) is 2.45. The van der Waals surface area contributed by atoms with Gasteiger partial charge in [-0.15, -0.1) is 0 Å². The van der Waals surface area contributed by atoms with Crippen LogP contribution in [0.3, 0.4) is 0 Å². The van der Waals surface area contributed by atoms with Gasteiger partial charge in [-0.1, -0.05) is 39.0 Å². The normalized spacial score (nSPS) is 11.1. The van der Waals surface area contributed by atoms with Gasteiger partial charge in [0.15, 0.2) is 0 Å². The number of nitrogens with zero attached hydrogens (tertiary/aromatic N) is 2. The zero-order chi connectivity index (χ0) is 16.1. The number of hydrogen-bond donors (Lipinski definition) is 1. The number of para-hydroxylation sites is 1. The molecule has 2 aromatic rings. The molecular weight excluding hydrogens is 274 g/mol. The first-order chi connectivity index (χ1) is 10.5. The zero-order valence-electron chi connectivity index (χ0n) is 13.9. The Hall–Kier alpha value is -1.94. The van der Waals surface area contributed by atoms with E-state index in [-0.39, 0.29) is 5.43 Å². The maximum Gasteiger partial charge on any atom is 0.204 e. The molecule has 0 radical (unpaired) electrons. The number of aryl methyl sites for hydroxylation is 2. The summed E-state index contributed by atoms with van der Waals surface area (Å²) in [5.41, 5.74) is 3.70. The highest BCUT2D eigenvalue weighted by atomic mass is 16.1. The molecule has 0 unspecified atom stereocenters. The minimum absolute atomic E-state index is 0.000939. The third-order valence-electron chi connectivity index (χ3n) is 3.62. The van der Waals surface area contributed by atoms with Gasteiger partial charge in [0.1, 0.15) is 5.69 Å². The predicted molar refractivity (Wildman–Crippen MR) is 90.5 cm³/mol. The molecule has 2 rings (SSSR count). The first kappa shape index (κ1) is 16.4. The molecule has 0 saturated carbocycles. The van der Waals surface area contributed by atoms with Crippen molar-refractivity contribution in [2.75, 3.05) is 6.54 Å². The zero-order valence-corrected chi connectivity index (χ0v) is 13.9. The van der Waals surface area contributed by atoms with Crippen LogP contribution in [0.4, 0.5) is 0 Å². The predicted octanol–water partition coefficient (Wildman–Crippen LogP) is 2.85. The van der Waals surface area contributed by atoms with Crippen molar-refractivity contribution < 1.29 is 0 Å². The van der Waals surface area contributed by atoms with Crippen LogP contribution in [0.1, 0.15) is 37.7 Å². The molecule has 0 spiro atoms. The average molecular weight is 299 g/mol. The Balaban J connectivity index is 2.38. The van der Waals surface area contributed by atoms with Gasteiger partial charge in [0.25, 0.3) is 0 Å². The topological polar surface area (TPSA) is 46.9 Å². The monoisotopic (exact) mass is 299 g/mol. The van der Waals surface area contributed by atoms with E-state index in [0.29, 0.717) is 18.2 Å². The summed E-state index contributed by atoms with van der Waals surface area (Å²) in [7, 11) is 0. The molecule has 4 nitrogen and oxygen atoms in total. The summed E-state index contributed by atoms with van der Waals surface area (Å²) in [6, 6.07) is 9.86. The molecule has 0 aliphatic carbocycles. The van der Waals surface area contributed by atoms with Crippen LogP contribution in [-0.4, -0.2) is 16.3 Å². The average Bonchev–Trinajstić information content (AvgIpc) is 2.49. The van der Waals surface area contributed by atoms with Gasteiger partial charge < -0.3 is 5.32 Å². The van der Waals surface area contributed by atoms with Crippen molar-refractivity contribution in [3.63, 3.8) is 0 Å². The Kier molecular flexibility index (Phi) is 5.50. The molecule has 0 fully saturated rings. The number of rotatable bonds is 6. The molecule has 118 valence electrons. The highest BCUT2D eigenvalue weighted by Gasteiger charge is 2.10. The van der Waals surface area contributed by atoms with Gasteiger partial charge in [0.05, 0.1) is 5.69 Å². The van der Waals surface area contributed by atoms with Gasteiger partial charge >= 0.3 is 0 Å². The van der Waals surface area contributed by atoms with Crippen LogP contribution >= 0.6 is 0 Å². The molecule has 1 N–H and O–H groups in total. The third-order valence-corrected chi connectivity index (χ3v) is 3.62. The van der Waals surface area contributed by atoms with E-state index in [4.69, 9.17) is 0 Å². The lowest BCUT2D eigenvalue weighted by Crippen LogP contribution is -2.26. The van der Waals surface area contributed by atoms with E-state index in [2.05, 4.69) is 43.3 Å². The third kappa shape index (κ3) is 3.83. The highest BCUT2D eigenvalue weighted by Crippen LogP contribution is 2.15. The SMILES string of the molecule is CCc1ccccc1-n1nc(CNCC(C)C)c(=O)cc1C. The molecule has 1 aromatic carbocycles. The van der Waals surface area contributed by atoms with E-state index in [1.54, 1.807) is 6.07 Å². The van der Waals surface area contributed by atoms with Crippen molar-refractivity contribution in [2.45, 2.75) is 40.7 Å². The molecule has 0 atom stereocenters. The Morgan fingerprint density at radius 1 is 1.27 bits per heavy atom. The van der Waals surface area contributed by atoms with Crippen molar-refractivity contribution in [1.29, 1.82) is 0 Å². The molecule has 0 saturated heterocycles. The molecule has 0 bridgehead atoms. The first-order valence-electron chi connectivity index (χ1n) is 7.91. The molecule has 1 heterocycles. The van der Waals surface area contributed by atoms with Crippen molar-refractivity contribution in [3.8, 4) is 5.69 Å². The van der Waals surface area contributed by atoms with Crippen LogP contribution in [-0.2, 0) is 13.0 Å². The number of nitrogens with one attached hydrogen (secondary N) is 1. The minimum atomic E-state index is -0.000939. The van der Waals surface area contributed by atoms with Crippen molar-refractivity contribution in [1.82, 2.24) is 15.1 Å². The molecular formula is C18H25N3O. The van der Waals surface area contributed by atoms with Crippen LogP contribution < -0.4 is 10.7 Å². The van der Waals surface area contributed by atoms with Gasteiger partial charge in [0, 0.05) is 18.3 Å². The smallest absolute Gasteiger partial charge is 0.204 e. The van der Waals surface area contributed by atoms with Crippen LogP contribution in [0.25, 0.3) is 5.69 Å². The Bertz CT molecular complexity index is 689. The molecule has 0 amide bonds. The summed E-state index contributed by atoms with van der Waals surface area (Å²) in [6.45, 7) is 9.72. The van der Waals surface area contributed by atoms with Crippen LogP contribution in [0, 0.1) is 12.8 Å². The summed E-state index contributed by atoms with van der Waals surface area (Å²) in [5.74, 6) is 0.550. The maximum atomic E-state index is 12.1. The summed E-state index contributed by atoms with van der Waals surface area (Å²) < 4.78 is 1.88. The molecule has 1 aromatic heterocycles. The standard InChI is InChI=1S/C18H25N3O/c1-5-15-8-6-7-9-17(15)21-14(4)10-18(22)16(20-21)12-19-11-13(2)3/h6-10,13,19H,5,11-12H2,1-4H3. The number of benzene rings is 1. The van der Waals surface area contributed by atoms with E-state index in [0.717, 1.165) is 24.3 Å². The summed E-state index contributed by atoms with van der Waals surface area (Å²) in [6.07, 6.45) is 0.935. The quantitative estimate of drug-likeness (QED) is 0.892. The Morgan fingerprint density at radius 2 is 2.00 bits per heavy atom. The van der Waals surface area contributed by atoms with Gasteiger partial charge in [-0.25, -0.2) is 4.68 Å². The summed E-state index contributed by atoms with van der Waals surface area (Å²) >= 11 is 0. The number of hydrogen-bond acceptors (Lipinski definition) is 3. The van der Waals surface area contributed by atoms with Crippen LogP contribution in [0.5, 0.6) is 0 Å². The molecule has 0 aliphatic rings. The Labute approximate surface area is 132 Å². The molecule has 22 heavy (non-hydrogen) atoms. The molecule has 0 aliphatic heterocycles. The lowest BCUT2D eigenvalue weighted by atomic mass is 10.1. The van der Waals surface area contributed by atoms with E-state index in [9.17, 15) is 4.79 Å². The summed E-state index contributed by atoms with van der Waals surface area (Å²) in [5, 5.41) is 7.88. The largest absolute Gasteiger partial charge is 0.311 e. The first-order valence-corrected chi connectivity index (χ1v) is 7.91. The van der Waals surface area contributed by atoms with Crippen molar-refractivity contribution >= 4 is 0 Å².